The van der Waals surface area contributed by atoms with Gasteiger partial charge in [0, 0.05) is 57.6 Å². The zero-order valence-corrected chi connectivity index (χ0v) is 18.8. The van der Waals surface area contributed by atoms with Gasteiger partial charge in [-0.15, -0.1) is 0 Å². The van der Waals surface area contributed by atoms with Crippen molar-refractivity contribution in [3.8, 4) is 0 Å². The fraction of sp³-hybridized carbons (Fsp3) is 0.440. The van der Waals surface area contributed by atoms with E-state index in [-0.39, 0.29) is 11.8 Å². The Morgan fingerprint density at radius 2 is 1.90 bits per heavy atom. The second-order valence-corrected chi connectivity index (χ2v) is 8.71. The molecule has 6 heteroatoms. The number of amides is 1. The van der Waals surface area contributed by atoms with Gasteiger partial charge in [0.1, 0.15) is 5.65 Å². The zero-order chi connectivity index (χ0) is 21.8. The van der Waals surface area contributed by atoms with Crippen LogP contribution in [-0.4, -0.2) is 60.5 Å². The van der Waals surface area contributed by atoms with Crippen molar-refractivity contribution >= 4 is 17.2 Å². The molecule has 2 aromatic heterocycles. The van der Waals surface area contributed by atoms with Crippen LogP contribution in [0.3, 0.4) is 0 Å². The third kappa shape index (κ3) is 4.90. The highest BCUT2D eigenvalue weighted by molar-refractivity contribution is 5.77. The Morgan fingerprint density at radius 1 is 1.16 bits per heavy atom. The molecule has 1 saturated heterocycles. The topological polar surface area (TPSA) is 52.9 Å². The van der Waals surface area contributed by atoms with Crippen LogP contribution in [0, 0.1) is 6.92 Å². The quantitative estimate of drug-likeness (QED) is 0.608. The lowest BCUT2D eigenvalue weighted by Crippen LogP contribution is -2.34. The second-order valence-electron chi connectivity index (χ2n) is 8.71. The summed E-state index contributed by atoms with van der Waals surface area (Å²) in [4.78, 5) is 22.1. The van der Waals surface area contributed by atoms with E-state index in [0.29, 0.717) is 13.0 Å². The van der Waals surface area contributed by atoms with E-state index in [9.17, 15) is 4.79 Å². The Kier molecular flexibility index (Phi) is 6.56. The van der Waals surface area contributed by atoms with E-state index in [1.807, 2.05) is 32.6 Å². The van der Waals surface area contributed by atoms with E-state index >= 15 is 0 Å². The van der Waals surface area contributed by atoms with Crippen molar-refractivity contribution in [1.82, 2.24) is 19.6 Å². The minimum absolute atomic E-state index is 0.0557. The van der Waals surface area contributed by atoms with Crippen LogP contribution in [0.15, 0.2) is 48.8 Å². The first-order valence-corrected chi connectivity index (χ1v) is 11.2. The number of carbonyl (C=O) groups is 1. The molecule has 1 amide bonds. The maximum Gasteiger partial charge on any atom is 0.221 e. The van der Waals surface area contributed by atoms with Gasteiger partial charge in [-0.2, -0.15) is 0 Å². The first kappa shape index (κ1) is 21.4. The third-order valence-electron chi connectivity index (χ3n) is 6.27. The molecule has 0 radical (unpaired) electrons. The number of likely N-dealkylation sites (tertiary alicyclic amines) is 1. The molecule has 1 fully saturated rings. The Labute approximate surface area is 184 Å². The minimum atomic E-state index is -0.0557. The first-order chi connectivity index (χ1) is 15.0. The molecule has 1 aliphatic rings. The zero-order valence-electron chi connectivity index (χ0n) is 18.8. The highest BCUT2D eigenvalue weighted by Gasteiger charge is 2.22. The van der Waals surface area contributed by atoms with E-state index in [0.717, 1.165) is 47.8 Å². The lowest BCUT2D eigenvalue weighted by Gasteiger charge is -2.20. The monoisotopic (exact) mass is 419 g/mol. The van der Waals surface area contributed by atoms with Gasteiger partial charge in [0.05, 0.1) is 5.69 Å². The van der Waals surface area contributed by atoms with Crippen LogP contribution >= 0.6 is 0 Å². The molecular weight excluding hydrogens is 386 g/mol. The summed E-state index contributed by atoms with van der Waals surface area (Å²) in [7, 11) is 4.07. The smallest absolute Gasteiger partial charge is 0.221 e. The number of hydrogen-bond acceptors (Lipinski definition) is 4. The van der Waals surface area contributed by atoms with E-state index in [2.05, 4.69) is 61.8 Å². The van der Waals surface area contributed by atoms with Crippen LogP contribution < -0.4 is 10.2 Å². The number of fused-ring (bicyclic) bond motifs is 1. The summed E-state index contributed by atoms with van der Waals surface area (Å²) in [6.45, 7) is 6.01. The van der Waals surface area contributed by atoms with Crippen LogP contribution in [0.2, 0.25) is 0 Å². The SMILES string of the molecule is Cc1cccn2c(C(CC(=O)NCCN3CCCC3)c3ccc(N(C)C)cc3)cnc12. The van der Waals surface area contributed by atoms with E-state index in [4.69, 9.17) is 0 Å². The van der Waals surface area contributed by atoms with Crippen LogP contribution in [-0.2, 0) is 4.79 Å². The second kappa shape index (κ2) is 9.52. The third-order valence-corrected chi connectivity index (χ3v) is 6.27. The molecule has 164 valence electrons. The summed E-state index contributed by atoms with van der Waals surface area (Å²) >= 11 is 0. The van der Waals surface area contributed by atoms with Crippen LogP contribution in [0.25, 0.3) is 5.65 Å². The number of rotatable bonds is 8. The van der Waals surface area contributed by atoms with Gasteiger partial charge in [-0.1, -0.05) is 18.2 Å². The molecule has 0 spiro atoms. The summed E-state index contributed by atoms with van der Waals surface area (Å²) in [5, 5.41) is 3.14. The highest BCUT2D eigenvalue weighted by atomic mass is 16.1. The fourth-order valence-corrected chi connectivity index (χ4v) is 4.44. The number of aryl methyl sites for hydroxylation is 1. The summed E-state index contributed by atoms with van der Waals surface area (Å²) in [5.74, 6) is 0.0308. The molecule has 4 rings (SSSR count). The van der Waals surface area contributed by atoms with Crippen molar-refractivity contribution in [3.63, 3.8) is 0 Å². The molecular formula is C25H33N5O. The number of imidazole rings is 1. The summed E-state index contributed by atoms with van der Waals surface area (Å²) in [6, 6.07) is 12.6. The van der Waals surface area contributed by atoms with Crippen molar-refractivity contribution in [2.75, 3.05) is 45.2 Å². The van der Waals surface area contributed by atoms with Crippen LogP contribution in [0.4, 0.5) is 5.69 Å². The Bertz CT molecular complexity index is 1020. The van der Waals surface area contributed by atoms with Gasteiger partial charge in [-0.25, -0.2) is 4.98 Å². The molecule has 3 aromatic rings. The molecule has 1 atom stereocenters. The number of aromatic nitrogens is 2. The largest absolute Gasteiger partial charge is 0.378 e. The normalized spacial score (nSPS) is 15.3. The number of hydrogen-bond donors (Lipinski definition) is 1. The summed E-state index contributed by atoms with van der Waals surface area (Å²) < 4.78 is 2.12. The predicted octanol–water partition coefficient (Wildman–Crippen LogP) is 3.44. The van der Waals surface area contributed by atoms with Gasteiger partial charge >= 0.3 is 0 Å². The average molecular weight is 420 g/mol. The molecule has 1 unspecified atom stereocenters. The number of nitrogens with one attached hydrogen (secondary N) is 1. The lowest BCUT2D eigenvalue weighted by molar-refractivity contribution is -0.121. The number of pyridine rings is 1. The number of anilines is 1. The van der Waals surface area contributed by atoms with Gasteiger partial charge in [0.2, 0.25) is 5.91 Å². The number of carbonyl (C=O) groups excluding carboxylic acids is 1. The molecule has 0 bridgehead atoms. The molecule has 1 N–H and O–H groups in total. The standard InChI is InChI=1S/C25H33N5O/c1-19-7-6-15-30-23(18-27-25(19)30)22(20-8-10-21(11-9-20)28(2)3)17-24(31)26-12-16-29-13-4-5-14-29/h6-11,15,18,22H,4-5,12-14,16-17H2,1-3H3,(H,26,31). The maximum absolute atomic E-state index is 12.9. The van der Waals surface area contributed by atoms with E-state index in [1.165, 1.54) is 12.8 Å². The summed E-state index contributed by atoms with van der Waals surface area (Å²) in [5.41, 5.74) is 5.40. The molecule has 3 heterocycles. The van der Waals surface area contributed by atoms with Crippen molar-refractivity contribution < 1.29 is 4.79 Å². The van der Waals surface area contributed by atoms with Gasteiger partial charge in [-0.3, -0.25) is 4.79 Å². The van der Waals surface area contributed by atoms with Crippen LogP contribution in [0.5, 0.6) is 0 Å². The average Bonchev–Trinajstić information content (AvgIpc) is 3.43. The van der Waals surface area contributed by atoms with Crippen molar-refractivity contribution in [2.45, 2.75) is 32.1 Å². The van der Waals surface area contributed by atoms with Crippen molar-refractivity contribution in [3.05, 3.63) is 65.6 Å². The van der Waals surface area contributed by atoms with Gasteiger partial charge in [0.15, 0.2) is 0 Å². The minimum Gasteiger partial charge on any atom is -0.378 e. The first-order valence-electron chi connectivity index (χ1n) is 11.2. The molecule has 1 aliphatic heterocycles. The predicted molar refractivity (Wildman–Crippen MR) is 126 cm³/mol. The highest BCUT2D eigenvalue weighted by Crippen LogP contribution is 2.30. The summed E-state index contributed by atoms with van der Waals surface area (Å²) in [6.07, 6.45) is 6.91. The van der Waals surface area contributed by atoms with Crippen molar-refractivity contribution in [2.24, 2.45) is 0 Å². The van der Waals surface area contributed by atoms with Gasteiger partial charge in [-0.05, 0) is 62.2 Å². The molecule has 0 saturated carbocycles. The number of benzene rings is 1. The maximum atomic E-state index is 12.9. The lowest BCUT2D eigenvalue weighted by atomic mass is 9.92. The molecule has 1 aromatic carbocycles. The molecule has 0 aliphatic carbocycles. The van der Waals surface area contributed by atoms with Crippen molar-refractivity contribution in [1.29, 1.82) is 0 Å². The van der Waals surface area contributed by atoms with Gasteiger partial charge < -0.3 is 19.5 Å². The molecule has 6 nitrogen and oxygen atoms in total. The van der Waals surface area contributed by atoms with Crippen LogP contribution in [0.1, 0.15) is 42.0 Å². The van der Waals surface area contributed by atoms with Gasteiger partial charge in [0.25, 0.3) is 0 Å². The Hall–Kier alpha value is -2.86. The van der Waals surface area contributed by atoms with E-state index in [1.54, 1.807) is 0 Å². The number of nitrogens with zero attached hydrogens (tertiary/aromatic N) is 4. The Morgan fingerprint density at radius 3 is 2.61 bits per heavy atom. The molecule has 31 heavy (non-hydrogen) atoms. The van der Waals surface area contributed by atoms with E-state index < -0.39 is 0 Å². The Balaban J connectivity index is 1.56. The fourth-order valence-electron chi connectivity index (χ4n) is 4.44.